The SMILES string of the molecule is C[C-]=O.[Os]=[Os].[Os]=[Os].[Os]=[Os]. The van der Waals surface area contributed by atoms with Crippen LogP contribution in [0.5, 0.6) is 0 Å². The van der Waals surface area contributed by atoms with Crippen LogP contribution in [0.1, 0.15) is 6.92 Å². The van der Waals surface area contributed by atoms with Crippen LogP contribution in [0.3, 0.4) is 0 Å². The average Bonchev–Trinajstić information content (AvgIpc) is 2.01. The van der Waals surface area contributed by atoms with Gasteiger partial charge in [-0.2, -0.15) is 6.92 Å². The summed E-state index contributed by atoms with van der Waals surface area (Å²) >= 11 is 11.3. The van der Waals surface area contributed by atoms with Gasteiger partial charge in [-0.1, -0.05) is 0 Å². The maximum absolute atomic E-state index is 8.68. The summed E-state index contributed by atoms with van der Waals surface area (Å²) in [6.45, 7) is 1.32. The third kappa shape index (κ3) is 85.0. The van der Waals surface area contributed by atoms with E-state index in [1.807, 2.05) is 92.5 Å². The third-order valence-corrected chi connectivity index (χ3v) is 0. The van der Waals surface area contributed by atoms with Gasteiger partial charge < -0.3 is 4.79 Å². The normalized spacial score (nSPS) is 3.44. The standard InChI is InChI=1S/C2H3O.6Os/c1-2-3;;;;;;/h1H3;;;;;;/q-1;;;;;;. The zero-order valence-corrected chi connectivity index (χ0v) is 19.3. The van der Waals surface area contributed by atoms with E-state index in [4.69, 9.17) is 4.79 Å². The Morgan fingerprint density at radius 2 is 0.889 bits per heavy atom. The van der Waals surface area contributed by atoms with E-state index in [0.717, 1.165) is 0 Å². The molecule has 0 unspecified atom stereocenters. The van der Waals surface area contributed by atoms with Crippen LogP contribution in [0.25, 0.3) is 0 Å². The van der Waals surface area contributed by atoms with Gasteiger partial charge in [0.25, 0.3) is 0 Å². The summed E-state index contributed by atoms with van der Waals surface area (Å²) in [5.41, 5.74) is 0. The first kappa shape index (κ1) is 22.9. The van der Waals surface area contributed by atoms with Crippen LogP contribution in [0.4, 0.5) is 0 Å². The molecule has 0 fully saturated rings. The predicted octanol–water partition coefficient (Wildman–Crippen LogP) is 0.101. The monoisotopic (exact) mass is 1190 g/mol. The Kier molecular flexibility index (Phi) is 159. The van der Waals surface area contributed by atoms with Gasteiger partial charge in [-0.15, -0.1) is 0 Å². The van der Waals surface area contributed by atoms with E-state index in [0.29, 0.717) is 0 Å². The van der Waals surface area contributed by atoms with Gasteiger partial charge in [-0.3, -0.25) is 6.29 Å². The van der Waals surface area contributed by atoms with Crippen molar-refractivity contribution in [2.45, 2.75) is 6.92 Å². The molecule has 0 amide bonds. The van der Waals surface area contributed by atoms with E-state index >= 15 is 0 Å². The molecule has 0 aromatic carbocycles. The molecule has 0 radical (unpaired) electrons. The summed E-state index contributed by atoms with van der Waals surface area (Å²) in [5, 5.41) is 0. The van der Waals surface area contributed by atoms with Gasteiger partial charge in [-0.05, 0) is 0 Å². The molecule has 0 atom stereocenters. The Morgan fingerprint density at radius 1 is 0.889 bits per heavy atom. The molecule has 7 heteroatoms. The van der Waals surface area contributed by atoms with Crippen molar-refractivity contribution in [3.63, 3.8) is 0 Å². The first-order valence-corrected chi connectivity index (χ1v) is 25.8. The Balaban J connectivity index is -0.0000000190. The van der Waals surface area contributed by atoms with Crippen LogP contribution in [-0.2, 0) is 97.3 Å². The molecule has 0 aliphatic rings. The fraction of sp³-hybridized carbons (Fsp3) is 0.500. The molecule has 0 N–H and O–H groups in total. The molecule has 66 valence electrons. The Bertz CT molecular complexity index is 35.3. The van der Waals surface area contributed by atoms with Crippen LogP contribution in [-0.4, -0.2) is 6.29 Å². The molecule has 0 saturated carbocycles. The quantitative estimate of drug-likeness (QED) is 0.316. The first-order valence-electron chi connectivity index (χ1n) is 1.08. The van der Waals surface area contributed by atoms with Gasteiger partial charge in [0.15, 0.2) is 0 Å². The van der Waals surface area contributed by atoms with Gasteiger partial charge in [0.1, 0.15) is 0 Å². The zero-order chi connectivity index (χ0) is 8.71. The molecule has 9 heavy (non-hydrogen) atoms. The second-order valence-corrected chi connectivity index (χ2v) is 0.204. The fourth-order valence-electron chi connectivity index (χ4n) is 0. The number of hydrogen-bond donors (Lipinski definition) is 0. The van der Waals surface area contributed by atoms with Crippen molar-refractivity contribution in [2.75, 3.05) is 0 Å². The first-order chi connectivity index (χ1) is 4.41. The molecule has 0 saturated heterocycles. The average molecular weight is 1180 g/mol. The topological polar surface area (TPSA) is 17.1 Å². The summed E-state index contributed by atoms with van der Waals surface area (Å²) in [4.78, 5) is 8.68. The van der Waals surface area contributed by atoms with Gasteiger partial charge in [0.2, 0.25) is 0 Å². The van der Waals surface area contributed by atoms with Crippen molar-refractivity contribution in [1.29, 1.82) is 0 Å². The molecular formula is C2H3OOs6-. The molecule has 0 rings (SSSR count). The Morgan fingerprint density at radius 3 is 0.889 bits per heavy atom. The van der Waals surface area contributed by atoms with E-state index in [1.165, 1.54) is 13.2 Å². The summed E-state index contributed by atoms with van der Waals surface area (Å²) in [7, 11) is 0. The van der Waals surface area contributed by atoms with Gasteiger partial charge in [0.05, 0.1) is 0 Å². The molecule has 0 aliphatic heterocycles. The molecule has 0 aromatic heterocycles. The molecule has 1 nitrogen and oxygen atoms in total. The molecule has 0 heterocycles. The summed E-state index contributed by atoms with van der Waals surface area (Å²) in [6.07, 6.45) is 1.50. The molecular weight excluding hydrogens is 1180 g/mol. The van der Waals surface area contributed by atoms with Crippen LogP contribution in [0.2, 0.25) is 0 Å². The van der Waals surface area contributed by atoms with E-state index < -0.39 is 0 Å². The van der Waals surface area contributed by atoms with Gasteiger partial charge >= 0.3 is 92.5 Å². The number of rotatable bonds is 0. The van der Waals surface area contributed by atoms with E-state index in [1.54, 1.807) is 0 Å². The molecule has 0 aromatic rings. The zero-order valence-electron chi connectivity index (χ0n) is 4.03. The van der Waals surface area contributed by atoms with Crippen molar-refractivity contribution in [3.8, 4) is 0 Å². The molecule has 0 aliphatic carbocycles. The van der Waals surface area contributed by atoms with Crippen molar-refractivity contribution < 1.29 is 97.3 Å². The summed E-state index contributed by atoms with van der Waals surface area (Å²) in [6, 6.07) is 0. The fourth-order valence-corrected chi connectivity index (χ4v) is 0. The summed E-state index contributed by atoms with van der Waals surface area (Å²) in [5.74, 6) is 0. The van der Waals surface area contributed by atoms with Crippen LogP contribution in [0, 0.1) is 0 Å². The number of carbonyl (C=O) groups excluding carboxylic acids is 1. The summed E-state index contributed by atoms with van der Waals surface area (Å²) < 4.78 is 0. The predicted molar refractivity (Wildman–Crippen MR) is 11.4 cm³/mol. The minimum atomic E-state index is 1.32. The van der Waals surface area contributed by atoms with Crippen molar-refractivity contribution in [3.05, 3.63) is 0 Å². The van der Waals surface area contributed by atoms with E-state index in [2.05, 4.69) is 0 Å². The number of hydrogen-bond acceptors (Lipinski definition) is 1. The van der Waals surface area contributed by atoms with E-state index in [-0.39, 0.29) is 0 Å². The van der Waals surface area contributed by atoms with Crippen molar-refractivity contribution >= 4 is 6.29 Å². The second-order valence-electron chi connectivity index (χ2n) is 0.204. The van der Waals surface area contributed by atoms with Crippen LogP contribution < -0.4 is 0 Å². The molecule has 0 bridgehead atoms. The Hall–Kier alpha value is 3.49. The molecule has 0 spiro atoms. The van der Waals surface area contributed by atoms with Crippen LogP contribution in [0.15, 0.2) is 0 Å². The Labute approximate surface area is 108 Å². The van der Waals surface area contributed by atoms with Crippen molar-refractivity contribution in [2.24, 2.45) is 0 Å². The van der Waals surface area contributed by atoms with Crippen molar-refractivity contribution in [1.82, 2.24) is 0 Å². The minimum absolute atomic E-state index is 1.32. The maximum atomic E-state index is 8.68. The van der Waals surface area contributed by atoms with Gasteiger partial charge in [0, 0.05) is 0 Å². The second kappa shape index (κ2) is 62.7. The third-order valence-electron chi connectivity index (χ3n) is 0. The van der Waals surface area contributed by atoms with E-state index in [9.17, 15) is 0 Å². The van der Waals surface area contributed by atoms with Crippen LogP contribution >= 0.6 is 0 Å². The van der Waals surface area contributed by atoms with Gasteiger partial charge in [-0.25, -0.2) is 0 Å².